The van der Waals surface area contributed by atoms with E-state index in [1.54, 1.807) is 55.5 Å². The number of phenolic OH excluding ortho intramolecular Hbond substituents is 1. The highest BCUT2D eigenvalue weighted by molar-refractivity contribution is 5.95. The summed E-state index contributed by atoms with van der Waals surface area (Å²) in [5.74, 6) is 0.902. The molecule has 41 heavy (non-hydrogen) atoms. The van der Waals surface area contributed by atoms with E-state index in [4.69, 9.17) is 9.47 Å². The van der Waals surface area contributed by atoms with Gasteiger partial charge in [-0.15, -0.1) is 0 Å². The van der Waals surface area contributed by atoms with E-state index in [0.717, 1.165) is 16.7 Å². The number of nitrogens with zero attached hydrogens (tertiary/aromatic N) is 1. The molecule has 3 aromatic rings. The number of hydrogen-bond acceptors (Lipinski definition) is 6. The Morgan fingerprint density at radius 1 is 0.854 bits per heavy atom. The van der Waals surface area contributed by atoms with Crippen LogP contribution in [0.1, 0.15) is 40.7 Å². The minimum Gasteiger partial charge on any atom is -0.507 e. The minimum absolute atomic E-state index is 0.0679. The number of hydrogen-bond donors (Lipinski definition) is 3. The van der Waals surface area contributed by atoms with Gasteiger partial charge in [0.1, 0.15) is 5.75 Å². The second-order valence-corrected chi connectivity index (χ2v) is 9.99. The first-order chi connectivity index (χ1) is 19.9. The molecule has 0 aliphatic carbocycles. The van der Waals surface area contributed by atoms with Crippen LogP contribution in [0.15, 0.2) is 60.7 Å². The number of ether oxygens (including phenoxy) is 2. The van der Waals surface area contributed by atoms with E-state index in [-0.39, 0.29) is 29.9 Å². The first-order valence-corrected chi connectivity index (χ1v) is 13.8. The van der Waals surface area contributed by atoms with E-state index in [0.29, 0.717) is 74.5 Å². The van der Waals surface area contributed by atoms with Gasteiger partial charge in [-0.25, -0.2) is 0 Å². The van der Waals surface area contributed by atoms with Crippen LogP contribution in [0.3, 0.4) is 0 Å². The molecule has 0 fully saturated rings. The quantitative estimate of drug-likeness (QED) is 0.449. The van der Waals surface area contributed by atoms with Crippen LogP contribution in [0.25, 0.3) is 11.1 Å². The number of carbonyl (C=O) groups is 3. The summed E-state index contributed by atoms with van der Waals surface area (Å²) in [6, 6.07) is 17.9. The molecule has 3 N–H and O–H groups in total. The third-order valence-electron chi connectivity index (χ3n) is 7.11. The van der Waals surface area contributed by atoms with Crippen LogP contribution in [0.4, 0.5) is 0 Å². The number of benzene rings is 3. The summed E-state index contributed by atoms with van der Waals surface area (Å²) in [6.45, 7) is 1.70. The van der Waals surface area contributed by atoms with Gasteiger partial charge in [-0.3, -0.25) is 14.4 Å². The standard InChI is InChI=1S/C32H37N3O6/c1-40-28-12-10-23(19-29(28)41-2)20-31(38)35-16-4-8-30(37)33-15-13-22-9-11-27(36)26(18-22)24-6-3-7-25(21-24)32(39)34-14-5-17-35/h3,6-7,9-12,18-19,21,36H,4-5,8,13-17,20H2,1-2H3,(H,33,37)(H,34,39). The van der Waals surface area contributed by atoms with Crippen molar-refractivity contribution in [2.45, 2.75) is 32.1 Å². The maximum absolute atomic E-state index is 13.3. The minimum atomic E-state index is -0.224. The zero-order valence-electron chi connectivity index (χ0n) is 23.6. The lowest BCUT2D eigenvalue weighted by molar-refractivity contribution is -0.131. The molecule has 9 heteroatoms. The topological polar surface area (TPSA) is 117 Å². The maximum Gasteiger partial charge on any atom is 0.251 e. The molecule has 9 nitrogen and oxygen atoms in total. The van der Waals surface area contributed by atoms with E-state index in [9.17, 15) is 19.5 Å². The van der Waals surface area contributed by atoms with E-state index < -0.39 is 0 Å². The fourth-order valence-electron chi connectivity index (χ4n) is 4.88. The van der Waals surface area contributed by atoms with E-state index in [2.05, 4.69) is 10.6 Å². The third kappa shape index (κ3) is 8.00. The molecule has 1 aliphatic heterocycles. The third-order valence-corrected chi connectivity index (χ3v) is 7.11. The molecule has 0 radical (unpaired) electrons. The highest BCUT2D eigenvalue weighted by atomic mass is 16.5. The van der Waals surface area contributed by atoms with Gasteiger partial charge in [0, 0.05) is 43.7 Å². The molecule has 0 spiro atoms. The van der Waals surface area contributed by atoms with Crippen molar-refractivity contribution in [2.24, 2.45) is 0 Å². The number of nitrogens with one attached hydrogen (secondary N) is 2. The monoisotopic (exact) mass is 559 g/mol. The van der Waals surface area contributed by atoms with Gasteiger partial charge in [-0.1, -0.05) is 24.3 Å². The Morgan fingerprint density at radius 3 is 2.44 bits per heavy atom. The highest BCUT2D eigenvalue weighted by Crippen LogP contribution is 2.31. The molecule has 216 valence electrons. The molecule has 4 rings (SSSR count). The van der Waals surface area contributed by atoms with Crippen LogP contribution < -0.4 is 20.1 Å². The molecule has 0 aromatic heterocycles. The first-order valence-electron chi connectivity index (χ1n) is 13.8. The molecule has 3 amide bonds. The van der Waals surface area contributed by atoms with Gasteiger partial charge in [-0.2, -0.15) is 0 Å². The summed E-state index contributed by atoms with van der Waals surface area (Å²) >= 11 is 0. The molecule has 3 aromatic carbocycles. The largest absolute Gasteiger partial charge is 0.507 e. The Labute approximate surface area is 240 Å². The predicted molar refractivity (Wildman–Crippen MR) is 156 cm³/mol. The molecule has 0 saturated carbocycles. The van der Waals surface area contributed by atoms with Crippen LogP contribution in [0, 0.1) is 0 Å². The smallest absolute Gasteiger partial charge is 0.251 e. The zero-order chi connectivity index (χ0) is 29.2. The molecule has 0 unspecified atom stereocenters. The number of fused-ring (bicyclic) bond motifs is 5. The van der Waals surface area contributed by atoms with Crippen molar-refractivity contribution in [2.75, 3.05) is 40.4 Å². The molecule has 0 saturated heterocycles. The average molecular weight is 560 g/mol. The van der Waals surface area contributed by atoms with E-state index in [1.165, 1.54) is 0 Å². The summed E-state index contributed by atoms with van der Waals surface area (Å²) in [4.78, 5) is 40.5. The lowest BCUT2D eigenvalue weighted by Crippen LogP contribution is -2.36. The van der Waals surface area contributed by atoms with E-state index in [1.807, 2.05) is 24.3 Å². The second-order valence-electron chi connectivity index (χ2n) is 9.99. The molecule has 1 aliphatic rings. The van der Waals surface area contributed by atoms with Crippen molar-refractivity contribution in [3.05, 3.63) is 77.4 Å². The Hall–Kier alpha value is -4.53. The highest BCUT2D eigenvalue weighted by Gasteiger charge is 2.17. The Balaban J connectivity index is 1.48. The van der Waals surface area contributed by atoms with Gasteiger partial charge in [0.05, 0.1) is 20.6 Å². The molecular formula is C32H37N3O6. The van der Waals surface area contributed by atoms with Crippen molar-refractivity contribution in [3.8, 4) is 28.4 Å². The maximum atomic E-state index is 13.3. The lowest BCUT2D eigenvalue weighted by atomic mass is 9.98. The van der Waals surface area contributed by atoms with Crippen LogP contribution in [-0.4, -0.2) is 68.1 Å². The molecule has 1 heterocycles. The Kier molecular flexibility index (Phi) is 10.2. The Morgan fingerprint density at radius 2 is 1.63 bits per heavy atom. The van der Waals surface area contributed by atoms with Gasteiger partial charge < -0.3 is 30.1 Å². The van der Waals surface area contributed by atoms with Crippen LogP contribution in [-0.2, 0) is 22.4 Å². The normalized spacial score (nSPS) is 15.0. The molecule has 4 bridgehead atoms. The van der Waals surface area contributed by atoms with Gasteiger partial charge >= 0.3 is 0 Å². The summed E-state index contributed by atoms with van der Waals surface area (Å²) in [5, 5.41) is 16.4. The second kappa shape index (κ2) is 14.2. The number of phenols is 1. The van der Waals surface area contributed by atoms with Crippen LogP contribution >= 0.6 is 0 Å². The van der Waals surface area contributed by atoms with Crippen molar-refractivity contribution < 1.29 is 29.0 Å². The van der Waals surface area contributed by atoms with Crippen LogP contribution in [0.2, 0.25) is 0 Å². The van der Waals surface area contributed by atoms with Crippen molar-refractivity contribution in [3.63, 3.8) is 0 Å². The average Bonchev–Trinajstić information content (AvgIpc) is 2.98. The van der Waals surface area contributed by atoms with Crippen LogP contribution in [0.5, 0.6) is 17.2 Å². The van der Waals surface area contributed by atoms with Crippen molar-refractivity contribution in [1.29, 1.82) is 0 Å². The van der Waals surface area contributed by atoms with Gasteiger partial charge in [0.25, 0.3) is 5.91 Å². The zero-order valence-corrected chi connectivity index (χ0v) is 23.6. The fraction of sp³-hybridized carbons (Fsp3) is 0.344. The number of carbonyl (C=O) groups excluding carboxylic acids is 3. The van der Waals surface area contributed by atoms with Crippen molar-refractivity contribution in [1.82, 2.24) is 15.5 Å². The SMILES string of the molecule is COc1ccc(CC(=O)N2CCCNC(=O)c3cccc(c3)-c3cc(ccc3O)CCNC(=O)CCC2)cc1OC. The fourth-order valence-corrected chi connectivity index (χ4v) is 4.88. The number of aromatic hydroxyl groups is 1. The number of methoxy groups -OCH3 is 2. The predicted octanol–water partition coefficient (Wildman–Crippen LogP) is 3.72. The summed E-state index contributed by atoms with van der Waals surface area (Å²) in [7, 11) is 3.11. The van der Waals surface area contributed by atoms with E-state index >= 15 is 0 Å². The van der Waals surface area contributed by atoms with Crippen molar-refractivity contribution >= 4 is 17.7 Å². The summed E-state index contributed by atoms with van der Waals surface area (Å²) < 4.78 is 10.7. The van der Waals surface area contributed by atoms with Gasteiger partial charge in [0.2, 0.25) is 11.8 Å². The van der Waals surface area contributed by atoms with Gasteiger partial charge in [-0.05, 0) is 72.4 Å². The Bertz CT molecular complexity index is 1390. The number of rotatable bonds is 4. The molecule has 0 atom stereocenters. The van der Waals surface area contributed by atoms with Gasteiger partial charge in [0.15, 0.2) is 11.5 Å². The molecular weight excluding hydrogens is 522 g/mol. The summed E-state index contributed by atoms with van der Waals surface area (Å²) in [5.41, 5.74) is 3.59. The lowest BCUT2D eigenvalue weighted by Gasteiger charge is -2.23. The summed E-state index contributed by atoms with van der Waals surface area (Å²) in [6.07, 6.45) is 2.14. The number of amides is 3. The first kappa shape index (κ1) is 29.5.